The topological polar surface area (TPSA) is 36.1 Å². The summed E-state index contributed by atoms with van der Waals surface area (Å²) in [7, 11) is 0. The quantitative estimate of drug-likeness (QED) is 0.563. The maximum atomic E-state index is 8.72. The summed E-state index contributed by atoms with van der Waals surface area (Å²) in [5.74, 6) is 0. The number of nitriles is 1. The van der Waals surface area contributed by atoms with Gasteiger partial charge < -0.3 is 0 Å². The lowest BCUT2D eigenvalue weighted by Gasteiger charge is -2.12. The van der Waals surface area contributed by atoms with Gasteiger partial charge in [-0.25, -0.2) is 4.40 Å². The fourth-order valence-corrected chi connectivity index (χ4v) is 1.42. The molecule has 0 saturated carbocycles. The molecular formula is C12H14N2S. The molecule has 3 heteroatoms. The number of benzene rings is 1. The molecule has 78 valence electrons. The molecule has 0 aliphatic rings. The SMILES string of the molecule is CC(C)(C)SN=Cc1cccc(C#N)c1. The first-order valence-corrected chi connectivity index (χ1v) is 5.50. The molecule has 0 bridgehead atoms. The zero-order valence-corrected chi connectivity index (χ0v) is 10.0. The highest BCUT2D eigenvalue weighted by Gasteiger charge is 2.08. The smallest absolute Gasteiger partial charge is 0.0991 e. The summed E-state index contributed by atoms with van der Waals surface area (Å²) in [6.07, 6.45) is 1.79. The van der Waals surface area contributed by atoms with E-state index in [1.54, 1.807) is 12.3 Å². The average molecular weight is 218 g/mol. The summed E-state index contributed by atoms with van der Waals surface area (Å²) in [5, 5.41) is 8.72. The van der Waals surface area contributed by atoms with E-state index in [2.05, 4.69) is 31.2 Å². The van der Waals surface area contributed by atoms with Crippen molar-refractivity contribution in [1.29, 1.82) is 5.26 Å². The molecule has 0 aromatic heterocycles. The fourth-order valence-electron chi connectivity index (χ4n) is 0.934. The van der Waals surface area contributed by atoms with Crippen LogP contribution in [0.25, 0.3) is 0 Å². The van der Waals surface area contributed by atoms with E-state index in [4.69, 9.17) is 5.26 Å². The first-order chi connectivity index (χ1) is 7.01. The van der Waals surface area contributed by atoms with Crippen molar-refractivity contribution in [1.82, 2.24) is 0 Å². The third kappa shape index (κ3) is 4.66. The van der Waals surface area contributed by atoms with Crippen LogP contribution in [-0.2, 0) is 0 Å². The van der Waals surface area contributed by atoms with Crippen LogP contribution in [0.1, 0.15) is 31.9 Å². The molecule has 2 nitrogen and oxygen atoms in total. The summed E-state index contributed by atoms with van der Waals surface area (Å²) in [4.78, 5) is 0. The molecule has 0 saturated heterocycles. The monoisotopic (exact) mass is 218 g/mol. The van der Waals surface area contributed by atoms with Gasteiger partial charge in [0.25, 0.3) is 0 Å². The molecule has 1 aromatic rings. The van der Waals surface area contributed by atoms with Crippen LogP contribution in [0.4, 0.5) is 0 Å². The Morgan fingerprint density at radius 3 is 2.73 bits per heavy atom. The molecule has 0 unspecified atom stereocenters. The lowest BCUT2D eigenvalue weighted by molar-refractivity contribution is 0.804. The minimum atomic E-state index is 0.128. The van der Waals surface area contributed by atoms with Crippen molar-refractivity contribution in [2.45, 2.75) is 25.5 Å². The van der Waals surface area contributed by atoms with E-state index in [1.807, 2.05) is 18.2 Å². The summed E-state index contributed by atoms with van der Waals surface area (Å²) in [5.41, 5.74) is 1.63. The molecule has 0 amide bonds. The number of nitrogens with zero attached hydrogens (tertiary/aromatic N) is 2. The lowest BCUT2D eigenvalue weighted by Crippen LogP contribution is -2.04. The Balaban J connectivity index is 2.69. The highest BCUT2D eigenvalue weighted by molar-refractivity contribution is 7.99. The van der Waals surface area contributed by atoms with Crippen LogP contribution in [0.3, 0.4) is 0 Å². The van der Waals surface area contributed by atoms with Crippen molar-refractivity contribution >= 4 is 18.2 Å². The molecule has 0 aliphatic heterocycles. The van der Waals surface area contributed by atoms with Gasteiger partial charge in [0.2, 0.25) is 0 Å². The van der Waals surface area contributed by atoms with Crippen molar-refractivity contribution in [3.05, 3.63) is 35.4 Å². The predicted molar refractivity (Wildman–Crippen MR) is 66.1 cm³/mol. The largest absolute Gasteiger partial charge is 0.223 e. The minimum Gasteiger partial charge on any atom is -0.223 e. The van der Waals surface area contributed by atoms with Crippen LogP contribution in [0.5, 0.6) is 0 Å². The molecule has 0 atom stereocenters. The molecule has 1 aromatic carbocycles. The van der Waals surface area contributed by atoms with E-state index in [-0.39, 0.29) is 4.75 Å². The Bertz CT molecular complexity index is 397. The van der Waals surface area contributed by atoms with Crippen molar-refractivity contribution in [2.75, 3.05) is 0 Å². The van der Waals surface area contributed by atoms with E-state index in [9.17, 15) is 0 Å². The van der Waals surface area contributed by atoms with Crippen LogP contribution in [0.15, 0.2) is 28.7 Å². The van der Waals surface area contributed by atoms with Gasteiger partial charge in [-0.1, -0.05) is 12.1 Å². The van der Waals surface area contributed by atoms with E-state index in [0.717, 1.165) is 5.56 Å². The van der Waals surface area contributed by atoms with Crippen LogP contribution < -0.4 is 0 Å². The highest BCUT2D eigenvalue weighted by atomic mass is 32.2. The highest BCUT2D eigenvalue weighted by Crippen LogP contribution is 2.23. The van der Waals surface area contributed by atoms with Gasteiger partial charge in [0.15, 0.2) is 0 Å². The van der Waals surface area contributed by atoms with Crippen LogP contribution in [0, 0.1) is 11.3 Å². The molecule has 15 heavy (non-hydrogen) atoms. The van der Waals surface area contributed by atoms with Crippen LogP contribution in [0.2, 0.25) is 0 Å². The molecule has 1 rings (SSSR count). The molecule has 0 fully saturated rings. The third-order valence-corrected chi connectivity index (χ3v) is 2.30. The van der Waals surface area contributed by atoms with Crippen LogP contribution >= 0.6 is 11.9 Å². The second-order valence-electron chi connectivity index (χ2n) is 4.18. The fraction of sp³-hybridized carbons (Fsp3) is 0.333. The maximum Gasteiger partial charge on any atom is 0.0991 e. The van der Waals surface area contributed by atoms with Crippen molar-refractivity contribution in [3.8, 4) is 6.07 Å². The van der Waals surface area contributed by atoms with Gasteiger partial charge in [-0.2, -0.15) is 5.26 Å². The Morgan fingerprint density at radius 1 is 1.40 bits per heavy atom. The molecule has 0 spiro atoms. The average Bonchev–Trinajstić information content (AvgIpc) is 2.16. The van der Waals surface area contributed by atoms with Gasteiger partial charge in [-0.15, -0.1) is 0 Å². The zero-order chi connectivity index (χ0) is 11.3. The minimum absolute atomic E-state index is 0.128. The Labute approximate surface area is 95.2 Å². The van der Waals surface area contributed by atoms with Gasteiger partial charge in [0, 0.05) is 11.0 Å². The third-order valence-electron chi connectivity index (χ3n) is 1.54. The Hall–Kier alpha value is -1.27. The normalized spacial score (nSPS) is 11.6. The van der Waals surface area contributed by atoms with Gasteiger partial charge >= 0.3 is 0 Å². The molecular weight excluding hydrogens is 204 g/mol. The first kappa shape index (κ1) is 11.8. The van der Waals surface area contributed by atoms with Crippen molar-refractivity contribution < 1.29 is 0 Å². The number of rotatable bonds is 2. The summed E-state index contributed by atoms with van der Waals surface area (Å²) >= 11 is 1.53. The van der Waals surface area contributed by atoms with E-state index < -0.39 is 0 Å². The second kappa shape index (κ2) is 4.99. The Kier molecular flexibility index (Phi) is 3.93. The summed E-state index contributed by atoms with van der Waals surface area (Å²) < 4.78 is 4.40. The maximum absolute atomic E-state index is 8.72. The Morgan fingerprint density at radius 2 is 2.13 bits per heavy atom. The van der Waals surface area contributed by atoms with E-state index in [0.29, 0.717) is 5.56 Å². The zero-order valence-electron chi connectivity index (χ0n) is 9.19. The van der Waals surface area contributed by atoms with Crippen molar-refractivity contribution in [3.63, 3.8) is 0 Å². The summed E-state index contributed by atoms with van der Waals surface area (Å²) in [6.45, 7) is 6.34. The molecule has 0 aliphatic carbocycles. The molecule has 0 radical (unpaired) electrons. The van der Waals surface area contributed by atoms with Gasteiger partial charge in [0.1, 0.15) is 0 Å². The van der Waals surface area contributed by atoms with Gasteiger partial charge in [-0.05, 0) is 50.4 Å². The standard InChI is InChI=1S/C12H14N2S/c1-12(2,3)15-14-9-11-6-4-5-10(7-11)8-13/h4-7,9H,1-3H3. The van der Waals surface area contributed by atoms with E-state index >= 15 is 0 Å². The van der Waals surface area contributed by atoms with Crippen molar-refractivity contribution in [2.24, 2.45) is 4.40 Å². The predicted octanol–water partition coefficient (Wildman–Crippen LogP) is 3.42. The number of hydrogen-bond acceptors (Lipinski definition) is 3. The summed E-state index contributed by atoms with van der Waals surface area (Å²) in [6, 6.07) is 9.52. The molecule has 0 N–H and O–H groups in total. The second-order valence-corrected chi connectivity index (χ2v) is 5.79. The number of hydrogen-bond donors (Lipinski definition) is 0. The lowest BCUT2D eigenvalue weighted by atomic mass is 10.1. The van der Waals surface area contributed by atoms with E-state index in [1.165, 1.54) is 11.9 Å². The van der Waals surface area contributed by atoms with Crippen LogP contribution in [-0.4, -0.2) is 11.0 Å². The van der Waals surface area contributed by atoms with Gasteiger partial charge in [0.05, 0.1) is 11.6 Å². The first-order valence-electron chi connectivity index (χ1n) is 4.73. The van der Waals surface area contributed by atoms with Gasteiger partial charge in [-0.3, -0.25) is 0 Å². The molecule has 0 heterocycles.